The number of fused-ring (bicyclic) bond motifs is 2. The number of nitrogens with zero attached hydrogens (tertiary/aromatic N) is 4. The van der Waals surface area contributed by atoms with Crippen molar-refractivity contribution >= 4 is 16.8 Å². The van der Waals surface area contributed by atoms with E-state index >= 15 is 8.78 Å². The fourth-order valence-electron chi connectivity index (χ4n) is 4.62. The Kier molecular flexibility index (Phi) is 4.83. The highest BCUT2D eigenvalue weighted by molar-refractivity contribution is 5.98. The monoisotopic (exact) mass is 460 g/mol. The van der Waals surface area contributed by atoms with Gasteiger partial charge in [0.15, 0.2) is 0 Å². The summed E-state index contributed by atoms with van der Waals surface area (Å²) in [6, 6.07) is 9.63. The second-order valence-electron chi connectivity index (χ2n) is 8.92. The first kappa shape index (κ1) is 20.8. The van der Waals surface area contributed by atoms with Gasteiger partial charge in [0.05, 0.1) is 30.5 Å². The second-order valence-corrected chi connectivity index (χ2v) is 8.92. The van der Waals surface area contributed by atoms with Crippen molar-refractivity contribution in [2.24, 2.45) is 7.05 Å². The summed E-state index contributed by atoms with van der Waals surface area (Å²) in [6.07, 6.45) is 6.83. The molecule has 1 aliphatic heterocycles. The molecule has 2 aromatic carbocycles. The molecule has 0 N–H and O–H groups in total. The van der Waals surface area contributed by atoms with Crippen molar-refractivity contribution in [3.63, 3.8) is 0 Å². The normalized spacial score (nSPS) is 15.6. The van der Waals surface area contributed by atoms with Gasteiger partial charge in [0, 0.05) is 30.4 Å². The molecule has 0 bridgehead atoms. The molecule has 0 spiro atoms. The number of carbonyl (C=O) groups excluding carboxylic acids is 1. The van der Waals surface area contributed by atoms with Crippen molar-refractivity contribution in [1.29, 1.82) is 0 Å². The standard InChI is InChI=1S/C26H22F2N4O2/c1-31-12-19-17(7-8-24(25(19)30-31)34-16-4-2-5-16)15-10-21(27)20(22(28)11-15)13-32-14-23-18(26(32)33)6-3-9-29-23/h3,6-12,16H,2,4-5,13-14H2,1H3. The van der Waals surface area contributed by atoms with Crippen LogP contribution in [0, 0.1) is 11.6 Å². The predicted octanol–water partition coefficient (Wildman–Crippen LogP) is 5.00. The molecule has 0 atom stereocenters. The van der Waals surface area contributed by atoms with Crippen LogP contribution >= 0.6 is 0 Å². The Labute approximate surface area is 194 Å². The number of pyridine rings is 1. The first-order valence-corrected chi connectivity index (χ1v) is 11.3. The lowest BCUT2D eigenvalue weighted by Crippen LogP contribution is -2.24. The molecule has 0 unspecified atom stereocenters. The van der Waals surface area contributed by atoms with E-state index in [9.17, 15) is 4.79 Å². The van der Waals surface area contributed by atoms with E-state index in [1.165, 1.54) is 17.0 Å². The molecule has 34 heavy (non-hydrogen) atoms. The van der Waals surface area contributed by atoms with Gasteiger partial charge in [-0.05, 0) is 66.8 Å². The Hall–Kier alpha value is -3.81. The summed E-state index contributed by atoms with van der Waals surface area (Å²) in [5.74, 6) is -0.982. The Morgan fingerprint density at radius 2 is 1.91 bits per heavy atom. The lowest BCUT2D eigenvalue weighted by molar-refractivity contribution is 0.0763. The molecule has 172 valence electrons. The van der Waals surface area contributed by atoms with Crippen LogP contribution in [0.2, 0.25) is 0 Å². The maximum Gasteiger partial charge on any atom is 0.256 e. The van der Waals surface area contributed by atoms with Crippen molar-refractivity contribution in [2.45, 2.75) is 38.5 Å². The first-order chi connectivity index (χ1) is 16.5. The molecule has 0 saturated heterocycles. The fourth-order valence-corrected chi connectivity index (χ4v) is 4.62. The Balaban J connectivity index is 1.33. The zero-order valence-corrected chi connectivity index (χ0v) is 18.6. The van der Waals surface area contributed by atoms with E-state index in [0.29, 0.717) is 33.7 Å². The van der Waals surface area contributed by atoms with Crippen molar-refractivity contribution in [3.05, 3.63) is 77.2 Å². The third kappa shape index (κ3) is 3.41. The molecule has 2 aliphatic rings. The summed E-state index contributed by atoms with van der Waals surface area (Å²) in [4.78, 5) is 18.2. The number of benzene rings is 2. The summed E-state index contributed by atoms with van der Waals surface area (Å²) in [5, 5.41) is 5.29. The summed E-state index contributed by atoms with van der Waals surface area (Å²) in [6.45, 7) is 0.0675. The van der Waals surface area contributed by atoms with Crippen molar-refractivity contribution < 1.29 is 18.3 Å². The largest absolute Gasteiger partial charge is 0.488 e. The highest BCUT2D eigenvalue weighted by Crippen LogP contribution is 2.37. The number of amides is 1. The molecule has 2 aromatic heterocycles. The van der Waals surface area contributed by atoms with Gasteiger partial charge in [0.2, 0.25) is 0 Å². The van der Waals surface area contributed by atoms with Crippen LogP contribution in [0.25, 0.3) is 22.0 Å². The molecular formula is C26H22F2N4O2. The quantitative estimate of drug-likeness (QED) is 0.421. The van der Waals surface area contributed by atoms with E-state index in [-0.39, 0.29) is 30.7 Å². The Morgan fingerprint density at radius 1 is 1.12 bits per heavy atom. The van der Waals surface area contributed by atoms with Crippen LogP contribution in [-0.2, 0) is 20.1 Å². The maximum absolute atomic E-state index is 15.2. The van der Waals surface area contributed by atoms with Crippen LogP contribution in [-0.4, -0.2) is 31.7 Å². The van der Waals surface area contributed by atoms with Gasteiger partial charge in [0.25, 0.3) is 5.91 Å². The highest BCUT2D eigenvalue weighted by atomic mass is 19.1. The van der Waals surface area contributed by atoms with Crippen LogP contribution in [0.5, 0.6) is 5.75 Å². The minimum absolute atomic E-state index is 0.141. The lowest BCUT2D eigenvalue weighted by Gasteiger charge is -2.26. The van der Waals surface area contributed by atoms with Crippen LogP contribution in [0.15, 0.2) is 48.8 Å². The number of hydrogen-bond acceptors (Lipinski definition) is 4. The van der Waals surface area contributed by atoms with Crippen molar-refractivity contribution in [2.75, 3.05) is 0 Å². The highest BCUT2D eigenvalue weighted by Gasteiger charge is 2.30. The van der Waals surface area contributed by atoms with Gasteiger partial charge in [-0.15, -0.1) is 0 Å². The lowest BCUT2D eigenvalue weighted by atomic mass is 9.96. The smallest absolute Gasteiger partial charge is 0.256 e. The molecule has 6 nitrogen and oxygen atoms in total. The third-order valence-electron chi connectivity index (χ3n) is 6.65. The molecule has 4 aromatic rings. The summed E-state index contributed by atoms with van der Waals surface area (Å²) in [7, 11) is 1.81. The van der Waals surface area contributed by atoms with Crippen molar-refractivity contribution in [1.82, 2.24) is 19.7 Å². The van der Waals surface area contributed by atoms with E-state index in [4.69, 9.17) is 4.74 Å². The van der Waals surface area contributed by atoms with Gasteiger partial charge in [-0.1, -0.05) is 0 Å². The van der Waals surface area contributed by atoms with Crippen LogP contribution in [0.4, 0.5) is 8.78 Å². The number of aromatic nitrogens is 3. The van der Waals surface area contributed by atoms with Gasteiger partial charge < -0.3 is 9.64 Å². The van der Waals surface area contributed by atoms with Crippen molar-refractivity contribution in [3.8, 4) is 16.9 Å². The van der Waals surface area contributed by atoms with Gasteiger partial charge in [-0.2, -0.15) is 5.10 Å². The SMILES string of the molecule is Cn1cc2c(-c3cc(F)c(CN4Cc5ncccc5C4=O)c(F)c3)ccc(OC3CCC3)c2n1. The molecule has 1 saturated carbocycles. The molecular weight excluding hydrogens is 438 g/mol. The first-order valence-electron chi connectivity index (χ1n) is 11.3. The average molecular weight is 460 g/mol. The van der Waals surface area contributed by atoms with E-state index in [1.54, 1.807) is 30.1 Å². The number of carbonyl (C=O) groups is 1. The molecule has 1 amide bonds. The minimum atomic E-state index is -0.696. The van der Waals surface area contributed by atoms with E-state index in [2.05, 4.69) is 10.1 Å². The zero-order valence-electron chi connectivity index (χ0n) is 18.6. The van der Waals surface area contributed by atoms with E-state index in [1.807, 2.05) is 18.3 Å². The van der Waals surface area contributed by atoms with Gasteiger partial charge >= 0.3 is 0 Å². The number of aryl methyl sites for hydroxylation is 1. The Morgan fingerprint density at radius 3 is 2.62 bits per heavy atom. The van der Waals surface area contributed by atoms with Gasteiger partial charge in [-0.25, -0.2) is 8.78 Å². The Bertz CT molecular complexity index is 1420. The molecule has 3 heterocycles. The van der Waals surface area contributed by atoms with Crippen LogP contribution in [0.3, 0.4) is 0 Å². The van der Waals surface area contributed by atoms with Gasteiger partial charge in [-0.3, -0.25) is 14.5 Å². The third-order valence-corrected chi connectivity index (χ3v) is 6.65. The number of rotatable bonds is 5. The molecule has 0 radical (unpaired) electrons. The molecule has 1 aliphatic carbocycles. The van der Waals surface area contributed by atoms with E-state index < -0.39 is 11.6 Å². The topological polar surface area (TPSA) is 60.2 Å². The maximum atomic E-state index is 15.2. The minimum Gasteiger partial charge on any atom is -0.488 e. The van der Waals surface area contributed by atoms with Crippen LogP contribution < -0.4 is 4.74 Å². The average Bonchev–Trinajstić information content (AvgIpc) is 3.33. The fraction of sp³-hybridized carbons (Fsp3) is 0.269. The summed E-state index contributed by atoms with van der Waals surface area (Å²) >= 11 is 0. The van der Waals surface area contributed by atoms with Gasteiger partial charge in [0.1, 0.15) is 22.9 Å². The number of hydrogen-bond donors (Lipinski definition) is 0. The zero-order chi connectivity index (χ0) is 23.4. The summed E-state index contributed by atoms with van der Waals surface area (Å²) in [5.41, 5.74) is 2.70. The second kappa shape index (κ2) is 7.90. The van der Waals surface area contributed by atoms with Crippen LogP contribution in [0.1, 0.15) is 40.9 Å². The molecule has 8 heteroatoms. The predicted molar refractivity (Wildman–Crippen MR) is 122 cm³/mol. The van der Waals surface area contributed by atoms with E-state index in [0.717, 1.165) is 24.6 Å². The summed E-state index contributed by atoms with van der Waals surface area (Å²) < 4.78 is 38.1. The number of halogens is 2. The molecule has 1 fully saturated rings. The molecule has 6 rings (SSSR count). The number of ether oxygens (including phenoxy) is 1.